The van der Waals surface area contributed by atoms with Crippen molar-refractivity contribution < 1.29 is 17.6 Å². The molecule has 0 saturated heterocycles. The summed E-state index contributed by atoms with van der Waals surface area (Å²) in [6, 6.07) is 11.0. The van der Waals surface area contributed by atoms with Gasteiger partial charge in [0.25, 0.3) is 5.91 Å². The maximum atomic E-state index is 13.5. The molecule has 1 N–H and O–H groups in total. The van der Waals surface area contributed by atoms with Crippen LogP contribution < -0.4 is 4.72 Å². The Morgan fingerprint density at radius 2 is 1.82 bits per heavy atom. The molecule has 0 fully saturated rings. The van der Waals surface area contributed by atoms with Crippen molar-refractivity contribution in [1.82, 2.24) is 9.80 Å². The smallest absolute Gasteiger partial charge is 0.254 e. The van der Waals surface area contributed by atoms with Crippen molar-refractivity contribution in [2.24, 2.45) is 0 Å². The van der Waals surface area contributed by atoms with Crippen LogP contribution in [0.3, 0.4) is 0 Å². The van der Waals surface area contributed by atoms with Crippen molar-refractivity contribution in [3.8, 4) is 0 Å². The van der Waals surface area contributed by atoms with Crippen LogP contribution in [-0.4, -0.2) is 57.6 Å². The number of anilines is 1. The SMILES string of the molecule is Cc1ccc(C(=O)N(CCN(C)C)Cc2cccc(F)c2)cc1NS(C)(=O)=O. The number of likely N-dealkylation sites (N-methyl/N-ethyl adjacent to an activating group) is 1. The number of nitrogens with zero attached hydrogens (tertiary/aromatic N) is 2. The van der Waals surface area contributed by atoms with Crippen molar-refractivity contribution in [3.63, 3.8) is 0 Å². The third-order valence-corrected chi connectivity index (χ3v) is 4.74. The van der Waals surface area contributed by atoms with Gasteiger partial charge in [0.2, 0.25) is 10.0 Å². The van der Waals surface area contributed by atoms with Crippen LogP contribution in [0, 0.1) is 12.7 Å². The molecule has 0 bridgehead atoms. The van der Waals surface area contributed by atoms with Crippen molar-refractivity contribution in [3.05, 3.63) is 65.0 Å². The lowest BCUT2D eigenvalue weighted by atomic mass is 10.1. The van der Waals surface area contributed by atoms with Gasteiger partial charge in [0.05, 0.1) is 11.9 Å². The molecule has 0 aliphatic rings. The fourth-order valence-corrected chi connectivity index (χ4v) is 3.30. The second-order valence-electron chi connectivity index (χ2n) is 7.06. The molecular formula is C20H26FN3O3S. The molecule has 0 aliphatic carbocycles. The van der Waals surface area contributed by atoms with Gasteiger partial charge in [-0.05, 0) is 56.4 Å². The van der Waals surface area contributed by atoms with Crippen LogP contribution in [0.1, 0.15) is 21.5 Å². The minimum absolute atomic E-state index is 0.248. The molecule has 0 aromatic heterocycles. The number of amides is 1. The number of hydrogen-bond acceptors (Lipinski definition) is 4. The first-order valence-corrected chi connectivity index (χ1v) is 10.7. The predicted octanol–water partition coefficient (Wildman–Crippen LogP) is 2.71. The standard InChI is InChI=1S/C20H26FN3O3S/c1-15-8-9-17(13-19(15)22-28(4,26)27)20(25)24(11-10-23(2)3)14-16-6-5-7-18(21)12-16/h5-9,12-13,22H,10-11,14H2,1-4H3. The van der Waals surface area contributed by atoms with E-state index in [1.807, 2.05) is 19.0 Å². The first-order chi connectivity index (χ1) is 13.0. The molecule has 0 aliphatic heterocycles. The van der Waals surface area contributed by atoms with Crippen LogP contribution in [0.5, 0.6) is 0 Å². The molecule has 28 heavy (non-hydrogen) atoms. The summed E-state index contributed by atoms with van der Waals surface area (Å²) in [4.78, 5) is 16.7. The molecule has 0 unspecified atom stereocenters. The summed E-state index contributed by atoms with van der Waals surface area (Å²) in [5.74, 6) is -0.602. The van der Waals surface area contributed by atoms with Crippen molar-refractivity contribution in [1.29, 1.82) is 0 Å². The summed E-state index contributed by atoms with van der Waals surface area (Å²) < 4.78 is 39.1. The zero-order valence-corrected chi connectivity index (χ0v) is 17.4. The Bertz CT molecular complexity index is 945. The van der Waals surface area contributed by atoms with E-state index >= 15 is 0 Å². The third kappa shape index (κ3) is 6.61. The van der Waals surface area contributed by atoms with E-state index < -0.39 is 10.0 Å². The summed E-state index contributed by atoms with van der Waals surface area (Å²) in [7, 11) is 0.355. The number of nitrogens with one attached hydrogen (secondary N) is 1. The molecule has 2 aromatic carbocycles. The quantitative estimate of drug-likeness (QED) is 0.731. The molecule has 0 spiro atoms. The Labute approximate surface area is 166 Å². The highest BCUT2D eigenvalue weighted by molar-refractivity contribution is 7.92. The van der Waals surface area contributed by atoms with E-state index in [0.717, 1.165) is 6.26 Å². The van der Waals surface area contributed by atoms with E-state index in [1.54, 1.807) is 36.1 Å². The molecule has 8 heteroatoms. The van der Waals surface area contributed by atoms with Gasteiger partial charge in [0, 0.05) is 25.2 Å². The van der Waals surface area contributed by atoms with E-state index in [1.165, 1.54) is 18.2 Å². The van der Waals surface area contributed by atoms with Gasteiger partial charge >= 0.3 is 0 Å². The minimum Gasteiger partial charge on any atom is -0.333 e. The Balaban J connectivity index is 2.31. The number of halogens is 1. The van der Waals surface area contributed by atoms with E-state index in [-0.39, 0.29) is 18.3 Å². The highest BCUT2D eigenvalue weighted by Gasteiger charge is 2.18. The van der Waals surface area contributed by atoms with Gasteiger partial charge in [-0.25, -0.2) is 12.8 Å². The summed E-state index contributed by atoms with van der Waals surface area (Å²) in [6.45, 7) is 3.11. The van der Waals surface area contributed by atoms with Crippen molar-refractivity contribution >= 4 is 21.6 Å². The lowest BCUT2D eigenvalue weighted by Gasteiger charge is -2.25. The van der Waals surface area contributed by atoms with Crippen molar-refractivity contribution in [2.75, 3.05) is 38.2 Å². The zero-order chi connectivity index (χ0) is 20.9. The second kappa shape index (κ2) is 9.16. The predicted molar refractivity (Wildman–Crippen MR) is 109 cm³/mol. The van der Waals surface area contributed by atoms with Gasteiger partial charge in [0.15, 0.2) is 0 Å². The average molecular weight is 408 g/mol. The lowest BCUT2D eigenvalue weighted by Crippen LogP contribution is -2.36. The molecule has 0 atom stereocenters. The first-order valence-electron chi connectivity index (χ1n) is 8.82. The monoisotopic (exact) mass is 407 g/mol. The van der Waals surface area contributed by atoms with Crippen molar-refractivity contribution in [2.45, 2.75) is 13.5 Å². The fraction of sp³-hybridized carbons (Fsp3) is 0.350. The Morgan fingerprint density at radius 3 is 2.43 bits per heavy atom. The normalized spacial score (nSPS) is 11.5. The van der Waals surface area contributed by atoms with Gasteiger partial charge in [0.1, 0.15) is 5.82 Å². The maximum Gasteiger partial charge on any atom is 0.254 e. The molecular weight excluding hydrogens is 381 g/mol. The van der Waals surface area contributed by atoms with Crippen LogP contribution >= 0.6 is 0 Å². The van der Waals surface area contributed by atoms with Crippen LogP contribution in [0.15, 0.2) is 42.5 Å². The number of carbonyl (C=O) groups excluding carboxylic acids is 1. The highest BCUT2D eigenvalue weighted by Crippen LogP contribution is 2.20. The minimum atomic E-state index is -3.46. The maximum absolute atomic E-state index is 13.5. The van der Waals surface area contributed by atoms with Gasteiger partial charge in [-0.1, -0.05) is 18.2 Å². The molecule has 152 valence electrons. The summed E-state index contributed by atoms with van der Waals surface area (Å²) >= 11 is 0. The number of benzene rings is 2. The molecule has 2 aromatic rings. The van der Waals surface area contributed by atoms with E-state index in [4.69, 9.17) is 0 Å². The number of aryl methyl sites for hydroxylation is 1. The second-order valence-corrected chi connectivity index (χ2v) is 8.81. The van der Waals surface area contributed by atoms with E-state index in [9.17, 15) is 17.6 Å². The van der Waals surface area contributed by atoms with Gasteiger partial charge < -0.3 is 9.80 Å². The molecule has 6 nitrogen and oxygen atoms in total. The molecule has 1 amide bonds. The molecule has 0 radical (unpaired) electrons. The number of hydrogen-bond donors (Lipinski definition) is 1. The highest BCUT2D eigenvalue weighted by atomic mass is 32.2. The van der Waals surface area contributed by atoms with Crippen LogP contribution in [0.2, 0.25) is 0 Å². The van der Waals surface area contributed by atoms with Crippen LogP contribution in [-0.2, 0) is 16.6 Å². The molecule has 0 heterocycles. The summed E-state index contributed by atoms with van der Waals surface area (Å²) in [6.07, 6.45) is 1.06. The van der Waals surface area contributed by atoms with Crippen LogP contribution in [0.4, 0.5) is 10.1 Å². The number of carbonyl (C=O) groups is 1. The molecule has 0 saturated carbocycles. The topological polar surface area (TPSA) is 69.7 Å². The summed E-state index contributed by atoms with van der Waals surface area (Å²) in [5.41, 5.74) is 2.14. The largest absolute Gasteiger partial charge is 0.333 e. The van der Waals surface area contributed by atoms with Crippen LogP contribution in [0.25, 0.3) is 0 Å². The average Bonchev–Trinajstić information content (AvgIpc) is 2.58. The Morgan fingerprint density at radius 1 is 1.11 bits per heavy atom. The Kier molecular flexibility index (Phi) is 7.15. The van der Waals surface area contributed by atoms with E-state index in [2.05, 4.69) is 4.72 Å². The first kappa shape index (κ1) is 21.8. The number of sulfonamides is 1. The van der Waals surface area contributed by atoms with E-state index in [0.29, 0.717) is 35.5 Å². The number of rotatable bonds is 8. The summed E-state index contributed by atoms with van der Waals surface area (Å²) in [5, 5.41) is 0. The van der Waals surface area contributed by atoms with Gasteiger partial charge in [-0.2, -0.15) is 0 Å². The zero-order valence-electron chi connectivity index (χ0n) is 16.6. The molecule has 2 rings (SSSR count). The fourth-order valence-electron chi connectivity index (χ4n) is 2.68. The Hall–Kier alpha value is -2.45. The van der Waals surface area contributed by atoms with Gasteiger partial charge in [-0.3, -0.25) is 9.52 Å². The van der Waals surface area contributed by atoms with Gasteiger partial charge in [-0.15, -0.1) is 0 Å². The lowest BCUT2D eigenvalue weighted by molar-refractivity contribution is 0.0732. The third-order valence-electron chi connectivity index (χ3n) is 4.15.